The Balaban J connectivity index is 2.79. The Kier molecular flexibility index (Phi) is 5.62. The van der Waals surface area contributed by atoms with Crippen LogP contribution in [0.15, 0.2) is 18.2 Å². The second kappa shape index (κ2) is 6.77. The predicted octanol–water partition coefficient (Wildman–Crippen LogP) is 1.04. The average Bonchev–Trinajstić information content (AvgIpc) is 2.43. The number of methoxy groups -OCH3 is 2. The van der Waals surface area contributed by atoms with E-state index in [-0.39, 0.29) is 12.4 Å². The largest absolute Gasteiger partial charge is 0.493 e. The first-order valence-corrected chi connectivity index (χ1v) is 7.69. The normalized spacial score (nSPS) is 13.1. The minimum atomic E-state index is -3.27. The van der Waals surface area contributed by atoms with E-state index in [1.165, 1.54) is 14.0 Å². The standard InChI is InChI=1S/C13H20O5S/c1-10(9-14)19(15,16)7-6-11-4-5-12(17-2)13(8-11)18-3/h4-5,8,10,14H,6-7,9H2,1-3H3. The topological polar surface area (TPSA) is 72.8 Å². The lowest BCUT2D eigenvalue weighted by atomic mass is 10.1. The van der Waals surface area contributed by atoms with Crippen LogP contribution in [0.1, 0.15) is 12.5 Å². The number of sulfone groups is 1. The smallest absolute Gasteiger partial charge is 0.160 e. The van der Waals surface area contributed by atoms with Crippen LogP contribution in [0.2, 0.25) is 0 Å². The van der Waals surface area contributed by atoms with Crippen molar-refractivity contribution in [3.63, 3.8) is 0 Å². The van der Waals surface area contributed by atoms with Crippen molar-refractivity contribution in [3.8, 4) is 11.5 Å². The molecule has 1 unspecified atom stereocenters. The highest BCUT2D eigenvalue weighted by Crippen LogP contribution is 2.27. The van der Waals surface area contributed by atoms with Gasteiger partial charge in [0.1, 0.15) is 0 Å². The summed E-state index contributed by atoms with van der Waals surface area (Å²) in [6, 6.07) is 5.31. The molecule has 0 heterocycles. The number of aryl methyl sites for hydroxylation is 1. The van der Waals surface area contributed by atoms with Gasteiger partial charge in [-0.3, -0.25) is 0 Å². The van der Waals surface area contributed by atoms with E-state index >= 15 is 0 Å². The van der Waals surface area contributed by atoms with Crippen LogP contribution >= 0.6 is 0 Å². The summed E-state index contributed by atoms with van der Waals surface area (Å²) in [5, 5.41) is 8.17. The fourth-order valence-corrected chi connectivity index (χ4v) is 2.76. The number of hydrogen-bond acceptors (Lipinski definition) is 5. The fourth-order valence-electron chi connectivity index (χ4n) is 1.61. The molecule has 0 amide bonds. The van der Waals surface area contributed by atoms with E-state index in [9.17, 15) is 8.42 Å². The number of benzene rings is 1. The van der Waals surface area contributed by atoms with Gasteiger partial charge in [-0.2, -0.15) is 0 Å². The highest BCUT2D eigenvalue weighted by atomic mass is 32.2. The van der Waals surface area contributed by atoms with Crippen molar-refractivity contribution in [1.29, 1.82) is 0 Å². The number of ether oxygens (including phenoxy) is 2. The van der Waals surface area contributed by atoms with Gasteiger partial charge in [-0.1, -0.05) is 6.07 Å². The number of aliphatic hydroxyl groups excluding tert-OH is 1. The Labute approximate surface area is 114 Å². The zero-order chi connectivity index (χ0) is 14.5. The van der Waals surface area contributed by atoms with E-state index in [1.54, 1.807) is 25.3 Å². The summed E-state index contributed by atoms with van der Waals surface area (Å²) in [5.74, 6) is 1.19. The van der Waals surface area contributed by atoms with Crippen LogP contribution in [0.4, 0.5) is 0 Å². The third-order valence-corrected chi connectivity index (χ3v) is 5.14. The van der Waals surface area contributed by atoms with Crippen molar-refractivity contribution in [2.45, 2.75) is 18.6 Å². The highest BCUT2D eigenvalue weighted by Gasteiger charge is 2.19. The van der Waals surface area contributed by atoms with E-state index in [0.717, 1.165) is 5.56 Å². The van der Waals surface area contributed by atoms with Gasteiger partial charge in [0.05, 0.1) is 31.8 Å². The first-order chi connectivity index (χ1) is 8.94. The minimum absolute atomic E-state index is 0.00418. The van der Waals surface area contributed by atoms with E-state index < -0.39 is 15.1 Å². The molecule has 19 heavy (non-hydrogen) atoms. The summed E-state index contributed by atoms with van der Waals surface area (Å²) in [5.41, 5.74) is 0.853. The van der Waals surface area contributed by atoms with E-state index in [0.29, 0.717) is 17.9 Å². The molecule has 6 heteroatoms. The van der Waals surface area contributed by atoms with Gasteiger partial charge in [-0.25, -0.2) is 8.42 Å². The Morgan fingerprint density at radius 3 is 2.37 bits per heavy atom. The highest BCUT2D eigenvalue weighted by molar-refractivity contribution is 7.92. The molecule has 0 radical (unpaired) electrons. The molecule has 0 spiro atoms. The molecule has 1 atom stereocenters. The monoisotopic (exact) mass is 288 g/mol. The van der Waals surface area contributed by atoms with Crippen LogP contribution in [0.5, 0.6) is 11.5 Å². The molecule has 0 fully saturated rings. The summed E-state index contributed by atoms with van der Waals surface area (Å²) in [7, 11) is -0.185. The molecule has 0 aliphatic carbocycles. The lowest BCUT2D eigenvalue weighted by Crippen LogP contribution is -2.25. The van der Waals surface area contributed by atoms with Crippen molar-refractivity contribution in [2.24, 2.45) is 0 Å². The van der Waals surface area contributed by atoms with Gasteiger partial charge >= 0.3 is 0 Å². The van der Waals surface area contributed by atoms with Crippen molar-refractivity contribution >= 4 is 9.84 Å². The molecule has 0 saturated heterocycles. The Morgan fingerprint density at radius 2 is 1.84 bits per heavy atom. The molecule has 108 valence electrons. The minimum Gasteiger partial charge on any atom is -0.493 e. The lowest BCUT2D eigenvalue weighted by molar-refractivity contribution is 0.295. The molecule has 5 nitrogen and oxygen atoms in total. The summed E-state index contributed by atoms with van der Waals surface area (Å²) in [4.78, 5) is 0. The molecule has 0 aliphatic rings. The average molecular weight is 288 g/mol. The third-order valence-electron chi connectivity index (χ3n) is 2.99. The molecule has 1 aromatic rings. The van der Waals surface area contributed by atoms with Gasteiger partial charge in [0.15, 0.2) is 21.3 Å². The maximum atomic E-state index is 11.8. The molecule has 0 saturated carbocycles. The van der Waals surface area contributed by atoms with Gasteiger partial charge in [0.25, 0.3) is 0 Å². The zero-order valence-electron chi connectivity index (χ0n) is 11.4. The van der Waals surface area contributed by atoms with E-state index in [1.807, 2.05) is 0 Å². The van der Waals surface area contributed by atoms with Crippen molar-refractivity contribution in [2.75, 3.05) is 26.6 Å². The number of rotatable bonds is 7. The summed E-state index contributed by atoms with van der Waals surface area (Å²) in [6.45, 7) is 1.15. The molecular formula is C13H20O5S. The SMILES string of the molecule is COc1ccc(CCS(=O)(=O)C(C)CO)cc1OC. The number of hydrogen-bond donors (Lipinski definition) is 1. The van der Waals surface area contributed by atoms with Gasteiger partial charge in [0.2, 0.25) is 0 Å². The van der Waals surface area contributed by atoms with Gasteiger partial charge in [-0.05, 0) is 31.0 Å². The first-order valence-electron chi connectivity index (χ1n) is 5.98. The molecule has 1 rings (SSSR count). The summed E-state index contributed by atoms with van der Waals surface area (Å²) < 4.78 is 33.9. The van der Waals surface area contributed by atoms with Crippen LogP contribution < -0.4 is 9.47 Å². The van der Waals surface area contributed by atoms with Crippen LogP contribution in [0.25, 0.3) is 0 Å². The van der Waals surface area contributed by atoms with Crippen LogP contribution in [-0.2, 0) is 16.3 Å². The first kappa shape index (κ1) is 15.8. The van der Waals surface area contributed by atoms with Crippen LogP contribution in [-0.4, -0.2) is 45.4 Å². The maximum Gasteiger partial charge on any atom is 0.160 e. The van der Waals surface area contributed by atoms with Gasteiger partial charge < -0.3 is 14.6 Å². The fraction of sp³-hybridized carbons (Fsp3) is 0.538. The Hall–Kier alpha value is -1.27. The van der Waals surface area contributed by atoms with E-state index in [4.69, 9.17) is 14.6 Å². The Morgan fingerprint density at radius 1 is 1.21 bits per heavy atom. The number of aliphatic hydroxyl groups is 1. The van der Waals surface area contributed by atoms with Crippen LogP contribution in [0.3, 0.4) is 0 Å². The van der Waals surface area contributed by atoms with E-state index in [2.05, 4.69) is 0 Å². The van der Waals surface area contributed by atoms with Gasteiger partial charge in [0, 0.05) is 0 Å². The molecule has 1 aromatic carbocycles. The van der Waals surface area contributed by atoms with Gasteiger partial charge in [-0.15, -0.1) is 0 Å². The van der Waals surface area contributed by atoms with Crippen molar-refractivity contribution < 1.29 is 23.0 Å². The van der Waals surface area contributed by atoms with Crippen molar-refractivity contribution in [3.05, 3.63) is 23.8 Å². The molecule has 0 aromatic heterocycles. The molecule has 0 aliphatic heterocycles. The predicted molar refractivity (Wildman–Crippen MR) is 73.6 cm³/mol. The third kappa shape index (κ3) is 4.11. The lowest BCUT2D eigenvalue weighted by Gasteiger charge is -2.11. The van der Waals surface area contributed by atoms with Crippen molar-refractivity contribution in [1.82, 2.24) is 0 Å². The maximum absolute atomic E-state index is 11.8. The Bertz CT molecular complexity index is 510. The zero-order valence-corrected chi connectivity index (χ0v) is 12.2. The summed E-state index contributed by atoms with van der Waals surface area (Å²) in [6.07, 6.45) is 0.382. The second-order valence-corrected chi connectivity index (χ2v) is 6.84. The molecule has 0 bridgehead atoms. The van der Waals surface area contributed by atoms with Crippen LogP contribution in [0, 0.1) is 0 Å². The molecule has 1 N–H and O–H groups in total. The quantitative estimate of drug-likeness (QED) is 0.811. The molecular weight excluding hydrogens is 268 g/mol. The summed E-state index contributed by atoms with van der Waals surface area (Å²) >= 11 is 0. The second-order valence-electron chi connectivity index (χ2n) is 4.30.